The van der Waals surface area contributed by atoms with Crippen molar-refractivity contribution in [3.05, 3.63) is 0 Å². The van der Waals surface area contributed by atoms with Gasteiger partial charge in [-0.3, -0.25) is 15.0 Å². The molecule has 19 heavy (non-hydrogen) atoms. The zero-order valence-corrected chi connectivity index (χ0v) is 11.5. The van der Waals surface area contributed by atoms with Crippen LogP contribution in [-0.4, -0.2) is 48.1 Å². The third kappa shape index (κ3) is 4.18. The van der Waals surface area contributed by atoms with Gasteiger partial charge in [0.25, 0.3) is 0 Å². The summed E-state index contributed by atoms with van der Waals surface area (Å²) in [5.74, 6) is -0.300. The zero-order chi connectivity index (χ0) is 13.8. The molecule has 1 saturated heterocycles. The first kappa shape index (κ1) is 14.3. The van der Waals surface area contributed by atoms with Crippen LogP contribution in [0.4, 0.5) is 4.79 Å². The third-order valence-corrected chi connectivity index (χ3v) is 4.02. The average molecular weight is 268 g/mol. The number of carbonyl (C=O) groups is 2. The van der Waals surface area contributed by atoms with Crippen molar-refractivity contribution in [2.75, 3.05) is 13.1 Å². The van der Waals surface area contributed by atoms with Crippen molar-refractivity contribution < 1.29 is 9.59 Å². The first-order chi connectivity index (χ1) is 9.08. The SMILES string of the molecule is CC(C(=O)NC(N)=O)N1CCCCC1CNC1CC1. The van der Waals surface area contributed by atoms with Crippen LogP contribution in [-0.2, 0) is 4.79 Å². The number of amides is 3. The quantitative estimate of drug-likeness (QED) is 0.663. The molecule has 2 aliphatic rings. The minimum atomic E-state index is -0.776. The topological polar surface area (TPSA) is 87.5 Å². The molecule has 6 heteroatoms. The molecule has 1 aliphatic heterocycles. The molecule has 2 unspecified atom stereocenters. The molecule has 1 saturated carbocycles. The molecule has 108 valence electrons. The number of nitrogens with two attached hydrogens (primary N) is 1. The largest absolute Gasteiger partial charge is 0.351 e. The van der Waals surface area contributed by atoms with E-state index in [1.165, 1.54) is 19.3 Å². The van der Waals surface area contributed by atoms with E-state index in [-0.39, 0.29) is 11.9 Å². The van der Waals surface area contributed by atoms with E-state index in [9.17, 15) is 9.59 Å². The highest BCUT2D eigenvalue weighted by Gasteiger charge is 2.31. The Kier molecular flexibility index (Phi) is 4.76. The van der Waals surface area contributed by atoms with Gasteiger partial charge in [0.05, 0.1) is 6.04 Å². The maximum Gasteiger partial charge on any atom is 0.318 e. The van der Waals surface area contributed by atoms with E-state index in [0.29, 0.717) is 12.1 Å². The van der Waals surface area contributed by atoms with Gasteiger partial charge in [-0.25, -0.2) is 4.79 Å². The minimum Gasteiger partial charge on any atom is -0.351 e. The van der Waals surface area contributed by atoms with E-state index in [4.69, 9.17) is 5.73 Å². The van der Waals surface area contributed by atoms with Gasteiger partial charge in [-0.05, 0) is 39.2 Å². The van der Waals surface area contributed by atoms with Crippen molar-refractivity contribution in [3.8, 4) is 0 Å². The second-order valence-electron chi connectivity index (χ2n) is 5.60. The van der Waals surface area contributed by atoms with Crippen LogP contribution in [0.1, 0.15) is 39.0 Å². The highest BCUT2D eigenvalue weighted by Crippen LogP contribution is 2.22. The van der Waals surface area contributed by atoms with Crippen LogP contribution >= 0.6 is 0 Å². The summed E-state index contributed by atoms with van der Waals surface area (Å²) in [5.41, 5.74) is 5.00. The molecule has 0 radical (unpaired) electrons. The van der Waals surface area contributed by atoms with Gasteiger partial charge >= 0.3 is 6.03 Å². The summed E-state index contributed by atoms with van der Waals surface area (Å²) in [5, 5.41) is 5.70. The van der Waals surface area contributed by atoms with Gasteiger partial charge in [0.2, 0.25) is 5.91 Å². The summed E-state index contributed by atoms with van der Waals surface area (Å²) in [4.78, 5) is 24.8. The molecule has 0 bridgehead atoms. The normalized spacial score (nSPS) is 25.8. The van der Waals surface area contributed by atoms with E-state index in [0.717, 1.165) is 25.9 Å². The molecule has 2 atom stereocenters. The number of primary amides is 1. The molecular formula is C13H24N4O2. The minimum absolute atomic E-state index is 0.300. The van der Waals surface area contributed by atoms with Crippen LogP contribution in [0.3, 0.4) is 0 Å². The maximum absolute atomic E-state index is 11.9. The first-order valence-electron chi connectivity index (χ1n) is 7.17. The number of imide groups is 1. The van der Waals surface area contributed by atoms with Crippen LogP contribution in [0.25, 0.3) is 0 Å². The molecule has 6 nitrogen and oxygen atoms in total. The Labute approximate surface area is 114 Å². The molecule has 0 aromatic heterocycles. The number of piperidine rings is 1. The average Bonchev–Trinajstić information content (AvgIpc) is 3.19. The summed E-state index contributed by atoms with van der Waals surface area (Å²) in [6.45, 7) is 3.68. The third-order valence-electron chi connectivity index (χ3n) is 4.02. The number of nitrogens with one attached hydrogen (secondary N) is 2. The number of nitrogens with zero attached hydrogens (tertiary/aromatic N) is 1. The van der Waals surface area contributed by atoms with Crippen molar-refractivity contribution in [2.24, 2.45) is 5.73 Å². The molecular weight excluding hydrogens is 244 g/mol. The molecule has 0 spiro atoms. The highest BCUT2D eigenvalue weighted by molar-refractivity contribution is 5.96. The molecule has 2 rings (SSSR count). The van der Waals surface area contributed by atoms with Gasteiger partial charge in [-0.2, -0.15) is 0 Å². The molecule has 1 heterocycles. The molecule has 0 aromatic carbocycles. The fourth-order valence-electron chi connectivity index (χ4n) is 2.72. The second kappa shape index (κ2) is 6.34. The van der Waals surface area contributed by atoms with Gasteiger partial charge in [0.1, 0.15) is 0 Å². The van der Waals surface area contributed by atoms with Gasteiger partial charge in [-0.15, -0.1) is 0 Å². The zero-order valence-electron chi connectivity index (χ0n) is 11.5. The van der Waals surface area contributed by atoms with Gasteiger partial charge in [0, 0.05) is 18.6 Å². The van der Waals surface area contributed by atoms with Gasteiger partial charge in [0.15, 0.2) is 0 Å². The fraction of sp³-hybridized carbons (Fsp3) is 0.846. The van der Waals surface area contributed by atoms with E-state index >= 15 is 0 Å². The Balaban J connectivity index is 1.88. The number of rotatable bonds is 5. The smallest absolute Gasteiger partial charge is 0.318 e. The van der Waals surface area contributed by atoms with E-state index in [1.54, 1.807) is 0 Å². The van der Waals surface area contributed by atoms with Crippen LogP contribution in [0.15, 0.2) is 0 Å². The highest BCUT2D eigenvalue weighted by atomic mass is 16.2. The fourth-order valence-corrected chi connectivity index (χ4v) is 2.72. The second-order valence-corrected chi connectivity index (χ2v) is 5.60. The van der Waals surface area contributed by atoms with Crippen LogP contribution in [0.5, 0.6) is 0 Å². The lowest BCUT2D eigenvalue weighted by Gasteiger charge is -2.39. The van der Waals surface area contributed by atoms with Crippen molar-refractivity contribution >= 4 is 11.9 Å². The standard InChI is InChI=1S/C13H24N4O2/c1-9(12(18)16-13(14)19)17-7-3-2-4-11(17)8-15-10-5-6-10/h9-11,15H,2-8H2,1H3,(H3,14,16,18,19). The lowest BCUT2D eigenvalue weighted by atomic mass is 9.99. The van der Waals surface area contributed by atoms with E-state index < -0.39 is 6.03 Å². The maximum atomic E-state index is 11.9. The van der Waals surface area contributed by atoms with Crippen LogP contribution in [0.2, 0.25) is 0 Å². The number of hydrogen-bond donors (Lipinski definition) is 3. The van der Waals surface area contributed by atoms with Crippen molar-refractivity contribution in [1.29, 1.82) is 0 Å². The Hall–Kier alpha value is -1.14. The Morgan fingerprint density at radius 3 is 2.68 bits per heavy atom. The van der Waals surface area contributed by atoms with E-state index in [1.807, 2.05) is 6.92 Å². The number of carbonyl (C=O) groups excluding carboxylic acids is 2. The monoisotopic (exact) mass is 268 g/mol. The van der Waals surface area contributed by atoms with Crippen LogP contribution < -0.4 is 16.4 Å². The summed E-state index contributed by atoms with van der Waals surface area (Å²) in [7, 11) is 0. The number of likely N-dealkylation sites (tertiary alicyclic amines) is 1. The van der Waals surface area contributed by atoms with Gasteiger partial charge in [-0.1, -0.05) is 6.42 Å². The summed E-state index contributed by atoms with van der Waals surface area (Å²) in [6.07, 6.45) is 5.95. The van der Waals surface area contributed by atoms with Gasteiger partial charge < -0.3 is 11.1 Å². The summed E-state index contributed by atoms with van der Waals surface area (Å²) >= 11 is 0. The molecule has 2 fully saturated rings. The lowest BCUT2D eigenvalue weighted by molar-refractivity contribution is -0.126. The molecule has 1 aliphatic carbocycles. The molecule has 3 amide bonds. The number of hydrogen-bond acceptors (Lipinski definition) is 4. The summed E-state index contributed by atoms with van der Waals surface area (Å²) < 4.78 is 0. The predicted octanol–water partition coefficient (Wildman–Crippen LogP) is 0.176. The number of urea groups is 1. The Morgan fingerprint density at radius 1 is 1.32 bits per heavy atom. The first-order valence-corrected chi connectivity index (χ1v) is 7.17. The Morgan fingerprint density at radius 2 is 2.05 bits per heavy atom. The van der Waals surface area contributed by atoms with Crippen molar-refractivity contribution in [2.45, 2.75) is 57.2 Å². The van der Waals surface area contributed by atoms with Crippen LogP contribution in [0, 0.1) is 0 Å². The van der Waals surface area contributed by atoms with E-state index in [2.05, 4.69) is 15.5 Å². The summed E-state index contributed by atoms with van der Waals surface area (Å²) in [6, 6.07) is -0.0261. The molecule has 4 N–H and O–H groups in total. The van der Waals surface area contributed by atoms with Crippen molar-refractivity contribution in [3.63, 3.8) is 0 Å². The van der Waals surface area contributed by atoms with Crippen molar-refractivity contribution in [1.82, 2.24) is 15.5 Å². The Bertz CT molecular complexity index is 344. The predicted molar refractivity (Wildman–Crippen MR) is 72.6 cm³/mol. The molecule has 0 aromatic rings. The lowest BCUT2D eigenvalue weighted by Crippen LogP contribution is -2.55.